The summed E-state index contributed by atoms with van der Waals surface area (Å²) in [5.41, 5.74) is -3.37. The number of rotatable bonds is 14. The molecule has 4 heterocycles. The number of Topliss-reactive ketones (excluding diaryl/α,β-unsaturated/α-hetero) is 1. The van der Waals surface area contributed by atoms with Crippen molar-refractivity contribution in [1.82, 2.24) is 10.2 Å². The Morgan fingerprint density at radius 1 is 0.969 bits per heavy atom. The second kappa shape index (κ2) is 22.2. The lowest BCUT2D eigenvalue weighted by molar-refractivity contribution is -0.317. The first kappa shape index (κ1) is 53.3. The summed E-state index contributed by atoms with van der Waals surface area (Å²) in [6, 6.07) is 5.73. The van der Waals surface area contributed by atoms with E-state index in [-0.39, 0.29) is 55.9 Å². The summed E-state index contributed by atoms with van der Waals surface area (Å²) in [4.78, 5) is 43.2. The van der Waals surface area contributed by atoms with Crippen molar-refractivity contribution in [3.63, 3.8) is 0 Å². The number of likely N-dealkylation sites (N-methyl/N-ethyl adjacent to an activating group) is 1. The zero-order valence-electron chi connectivity index (χ0n) is 40.2. The third kappa shape index (κ3) is 12.3. The lowest BCUT2D eigenvalue weighted by atomic mass is 9.75. The highest BCUT2D eigenvalue weighted by molar-refractivity contribution is 5.84. The third-order valence-electron chi connectivity index (χ3n) is 14.7. The number of ketones is 1. The smallest absolute Gasteiger partial charge is 0.311 e. The van der Waals surface area contributed by atoms with E-state index in [9.17, 15) is 39.2 Å². The van der Waals surface area contributed by atoms with Crippen molar-refractivity contribution in [3.05, 3.63) is 35.6 Å². The van der Waals surface area contributed by atoms with Crippen LogP contribution in [0.15, 0.2) is 24.3 Å². The number of methoxy groups -OCH3 is 1. The number of carbonyl (C=O) groups excluding carboxylic acids is 3. The number of fused-ring (bicyclic) bond motifs is 2. The summed E-state index contributed by atoms with van der Waals surface area (Å²) in [6.45, 7) is 16.1. The van der Waals surface area contributed by atoms with Gasteiger partial charge in [0, 0.05) is 50.3 Å². The Bertz CT molecular complexity index is 1740. The van der Waals surface area contributed by atoms with Crippen LogP contribution in [0.3, 0.4) is 0 Å². The largest absolute Gasteiger partial charge is 0.459 e. The number of esters is 1. The number of aliphatic hydroxyl groups excluding tert-OH is 3. The molecule has 18 atom stereocenters. The van der Waals surface area contributed by atoms with Crippen molar-refractivity contribution >= 4 is 17.7 Å². The van der Waals surface area contributed by atoms with Crippen LogP contribution in [-0.2, 0) is 54.0 Å². The number of halogens is 1. The van der Waals surface area contributed by atoms with Gasteiger partial charge in [-0.25, -0.2) is 4.39 Å². The first-order valence-corrected chi connectivity index (χ1v) is 23.5. The summed E-state index contributed by atoms with van der Waals surface area (Å²) in [6.07, 6.45) is -8.08. The summed E-state index contributed by atoms with van der Waals surface area (Å²) < 4.78 is 57.9. The number of amides is 1. The molecule has 2 bridgehead atoms. The van der Waals surface area contributed by atoms with Gasteiger partial charge in [-0.2, -0.15) is 0 Å². The molecule has 0 spiro atoms. The molecule has 0 saturated carbocycles. The SMILES string of the molecule is CC[C@H]1OC(=O)[C@H](C)[C@@H](O[C@H]2C[C@@](C)(OC)[C@@H](O)[C@H](C)O2)[C@H](C)[C@@H](O[C@@H]2O[C@H](C)C[C@H](N(C)CCCC(=O)NCCc3ccc(F)cc3)[C@H]2O)[C@@]2(C)C[C@@H](CO2)C(=O)[C@H](C)[C@@H](O)[C@]1(C)O. The van der Waals surface area contributed by atoms with Crippen molar-refractivity contribution in [2.75, 3.05) is 33.9 Å². The maximum absolute atomic E-state index is 14.3. The van der Waals surface area contributed by atoms with Crippen LogP contribution in [0, 0.1) is 29.5 Å². The first-order valence-electron chi connectivity index (χ1n) is 23.5. The van der Waals surface area contributed by atoms with Crippen LogP contribution in [0.2, 0.25) is 0 Å². The Morgan fingerprint density at radius 3 is 2.29 bits per heavy atom. The number of benzene rings is 1. The molecule has 4 saturated heterocycles. The number of aliphatic hydroxyl groups is 4. The van der Waals surface area contributed by atoms with E-state index in [4.69, 9.17) is 33.2 Å². The van der Waals surface area contributed by atoms with E-state index in [1.807, 2.05) is 32.7 Å². The highest BCUT2D eigenvalue weighted by Crippen LogP contribution is 2.44. The van der Waals surface area contributed by atoms with Gasteiger partial charge in [-0.3, -0.25) is 14.4 Å². The molecule has 1 aromatic rings. The van der Waals surface area contributed by atoms with Gasteiger partial charge >= 0.3 is 5.97 Å². The average molecular weight is 925 g/mol. The highest BCUT2D eigenvalue weighted by atomic mass is 19.1. The van der Waals surface area contributed by atoms with Gasteiger partial charge in [0.05, 0.1) is 54.2 Å². The maximum Gasteiger partial charge on any atom is 0.311 e. The number of cyclic esters (lactones) is 1. The number of nitrogens with zero attached hydrogens (tertiary/aromatic N) is 1. The van der Waals surface area contributed by atoms with E-state index in [1.54, 1.807) is 46.8 Å². The number of hydrogen-bond acceptors (Lipinski definition) is 15. The molecular weight excluding hydrogens is 848 g/mol. The van der Waals surface area contributed by atoms with Gasteiger partial charge < -0.3 is 63.8 Å². The molecule has 17 heteroatoms. The molecular formula is C48H77FN2O14. The Hall–Kier alpha value is -2.68. The van der Waals surface area contributed by atoms with Crippen LogP contribution < -0.4 is 5.32 Å². The van der Waals surface area contributed by atoms with Gasteiger partial charge in [-0.05, 0) is 105 Å². The van der Waals surface area contributed by atoms with Gasteiger partial charge in [0.15, 0.2) is 12.6 Å². The minimum atomic E-state index is -1.99. The fourth-order valence-corrected chi connectivity index (χ4v) is 10.4. The summed E-state index contributed by atoms with van der Waals surface area (Å²) in [5.74, 6) is -5.06. The van der Waals surface area contributed by atoms with E-state index in [0.717, 1.165) is 5.56 Å². The van der Waals surface area contributed by atoms with E-state index >= 15 is 0 Å². The quantitative estimate of drug-likeness (QED) is 0.169. The standard InChI is InChI=1S/C48H77FN2O14/c1-12-35-48(9,58)41(55)27(3)38(53)32-23-47(8,60-25-32)43(28(4)40(29(5)44(57)63-35)64-37-24-46(7,59-11)42(56)30(6)62-37)65-45-39(54)34(22-26(2)61-45)51(10)21-13-14-36(52)50-20-19-31-15-17-33(49)18-16-31/h15-18,26-30,32,34-35,37,39-43,45,54-56,58H,12-14,19-25H2,1-11H3,(H,50,52)/t26-,27+,28+,29-,30+,32+,34+,35-,37+,39-,40+,41-,42+,43-,45+,46-,47-,48-/m1/s1. The van der Waals surface area contributed by atoms with Crippen LogP contribution >= 0.6 is 0 Å². The highest BCUT2D eigenvalue weighted by Gasteiger charge is 2.56. The lowest BCUT2D eigenvalue weighted by Gasteiger charge is -2.49. The molecule has 1 amide bonds. The molecule has 5 rings (SSSR count). The Kier molecular flexibility index (Phi) is 18.2. The average Bonchev–Trinajstić information content (AvgIpc) is 3.67. The Balaban J connectivity index is 1.41. The predicted molar refractivity (Wildman–Crippen MR) is 236 cm³/mol. The van der Waals surface area contributed by atoms with E-state index in [0.29, 0.717) is 32.4 Å². The van der Waals surface area contributed by atoms with Crippen molar-refractivity contribution < 1.29 is 72.4 Å². The lowest BCUT2D eigenvalue weighted by Crippen LogP contribution is -2.61. The summed E-state index contributed by atoms with van der Waals surface area (Å²) in [5, 5.41) is 49.3. The van der Waals surface area contributed by atoms with Crippen molar-refractivity contribution in [2.45, 2.75) is 192 Å². The van der Waals surface area contributed by atoms with Gasteiger partial charge in [-0.1, -0.05) is 32.9 Å². The van der Waals surface area contributed by atoms with Gasteiger partial charge in [-0.15, -0.1) is 0 Å². The van der Waals surface area contributed by atoms with E-state index in [1.165, 1.54) is 26.2 Å². The minimum Gasteiger partial charge on any atom is -0.459 e. The molecule has 0 radical (unpaired) electrons. The van der Waals surface area contributed by atoms with Gasteiger partial charge in [0.25, 0.3) is 0 Å². The summed E-state index contributed by atoms with van der Waals surface area (Å²) in [7, 11) is 3.37. The van der Waals surface area contributed by atoms with Crippen LogP contribution in [0.1, 0.15) is 106 Å². The molecule has 4 aliphatic heterocycles. The molecule has 0 aliphatic carbocycles. The fourth-order valence-electron chi connectivity index (χ4n) is 10.4. The van der Waals surface area contributed by atoms with Gasteiger partial charge in [0.1, 0.15) is 35.5 Å². The van der Waals surface area contributed by atoms with E-state index < -0.39 is 108 Å². The normalized spacial score (nSPS) is 42.1. The number of ether oxygens (including phenoxy) is 7. The Morgan fingerprint density at radius 2 is 1.65 bits per heavy atom. The third-order valence-corrected chi connectivity index (χ3v) is 14.7. The fraction of sp³-hybridized carbons (Fsp3) is 0.812. The molecule has 0 aromatic heterocycles. The monoisotopic (exact) mass is 925 g/mol. The molecule has 5 N–H and O–H groups in total. The number of nitrogens with one attached hydrogen (secondary N) is 1. The molecule has 1 aromatic carbocycles. The van der Waals surface area contributed by atoms with Crippen molar-refractivity contribution in [1.29, 1.82) is 0 Å². The molecule has 4 aliphatic rings. The van der Waals surface area contributed by atoms with Crippen LogP contribution in [-0.4, -0.2) is 161 Å². The zero-order chi connectivity index (χ0) is 48.2. The second-order valence-corrected chi connectivity index (χ2v) is 19.9. The minimum absolute atomic E-state index is 0.0160. The number of carbonyl (C=O) groups is 3. The van der Waals surface area contributed by atoms with Crippen LogP contribution in [0.4, 0.5) is 4.39 Å². The van der Waals surface area contributed by atoms with Crippen LogP contribution in [0.5, 0.6) is 0 Å². The predicted octanol–water partition coefficient (Wildman–Crippen LogP) is 3.45. The molecule has 16 nitrogen and oxygen atoms in total. The van der Waals surface area contributed by atoms with Gasteiger partial charge in [0.2, 0.25) is 5.91 Å². The van der Waals surface area contributed by atoms with E-state index in [2.05, 4.69) is 5.32 Å². The zero-order valence-corrected chi connectivity index (χ0v) is 40.2. The second-order valence-electron chi connectivity index (χ2n) is 19.9. The Labute approximate surface area is 384 Å². The molecule has 65 heavy (non-hydrogen) atoms. The topological polar surface area (TPSA) is 212 Å². The number of hydrogen-bond donors (Lipinski definition) is 5. The molecule has 4 fully saturated rings. The summed E-state index contributed by atoms with van der Waals surface area (Å²) >= 11 is 0. The maximum atomic E-state index is 14.3. The van der Waals surface area contributed by atoms with Crippen molar-refractivity contribution in [3.8, 4) is 0 Å². The first-order chi connectivity index (χ1) is 30.5. The molecule has 370 valence electrons. The van der Waals surface area contributed by atoms with Crippen LogP contribution in [0.25, 0.3) is 0 Å². The van der Waals surface area contributed by atoms with Crippen molar-refractivity contribution in [2.24, 2.45) is 23.7 Å². The molecule has 0 unspecified atom stereocenters.